The highest BCUT2D eigenvalue weighted by Gasteiger charge is 2.17. The van der Waals surface area contributed by atoms with Gasteiger partial charge in [-0.05, 0) is 37.6 Å². The van der Waals surface area contributed by atoms with Crippen LogP contribution >= 0.6 is 11.6 Å². The van der Waals surface area contributed by atoms with E-state index in [1.807, 2.05) is 43.3 Å². The quantitative estimate of drug-likeness (QED) is 0.715. The number of nitrogen functional groups attached to an aromatic ring is 1. The van der Waals surface area contributed by atoms with Crippen LogP contribution in [0.4, 0.5) is 5.69 Å². The number of rotatable bonds is 2. The smallest absolute Gasteiger partial charge is 0.143 e. The van der Waals surface area contributed by atoms with Gasteiger partial charge in [0.05, 0.1) is 16.1 Å². The van der Waals surface area contributed by atoms with Gasteiger partial charge in [-0.25, -0.2) is 4.98 Å². The van der Waals surface area contributed by atoms with Crippen LogP contribution in [0.15, 0.2) is 36.4 Å². The number of halogens is 1. The molecule has 0 fully saturated rings. The summed E-state index contributed by atoms with van der Waals surface area (Å²) in [5.74, 6) is 0.881. The molecule has 0 spiro atoms. The monoisotopic (exact) mass is 285 g/mol. The second-order valence-electron chi connectivity index (χ2n) is 4.83. The number of anilines is 1. The summed E-state index contributed by atoms with van der Waals surface area (Å²) in [6, 6.07) is 11.7. The molecule has 20 heavy (non-hydrogen) atoms. The van der Waals surface area contributed by atoms with Gasteiger partial charge in [-0.3, -0.25) is 0 Å². The van der Waals surface area contributed by atoms with E-state index in [0.717, 1.165) is 45.2 Å². The standard InChI is InChI=1S/C16H16ClN3/c1-3-20-15-11(17)7-5-9-13(15)19-16(20)14-10(2)6-4-8-12(14)18/h4-9H,3,18H2,1-2H3. The van der Waals surface area contributed by atoms with Gasteiger partial charge in [0.25, 0.3) is 0 Å². The van der Waals surface area contributed by atoms with Gasteiger partial charge >= 0.3 is 0 Å². The maximum Gasteiger partial charge on any atom is 0.143 e. The number of imidazole rings is 1. The van der Waals surface area contributed by atoms with Crippen molar-refractivity contribution >= 4 is 28.3 Å². The molecule has 0 amide bonds. The molecular weight excluding hydrogens is 270 g/mol. The Kier molecular flexibility index (Phi) is 3.14. The van der Waals surface area contributed by atoms with Crippen molar-refractivity contribution < 1.29 is 0 Å². The highest BCUT2D eigenvalue weighted by molar-refractivity contribution is 6.35. The number of nitrogens with two attached hydrogens (primary N) is 1. The fourth-order valence-electron chi connectivity index (χ4n) is 2.64. The van der Waals surface area contributed by atoms with Crippen molar-refractivity contribution in [3.05, 3.63) is 47.0 Å². The Bertz CT molecular complexity index is 770. The number of para-hydroxylation sites is 1. The zero-order chi connectivity index (χ0) is 14.3. The molecule has 3 rings (SSSR count). The number of hydrogen-bond acceptors (Lipinski definition) is 2. The van der Waals surface area contributed by atoms with Crippen molar-refractivity contribution in [1.29, 1.82) is 0 Å². The highest BCUT2D eigenvalue weighted by Crippen LogP contribution is 2.33. The Morgan fingerprint density at radius 3 is 2.65 bits per heavy atom. The van der Waals surface area contributed by atoms with Crippen molar-refractivity contribution in [2.75, 3.05) is 5.73 Å². The van der Waals surface area contributed by atoms with Gasteiger partial charge in [0.2, 0.25) is 0 Å². The SMILES string of the molecule is CCn1c(-c2c(C)cccc2N)nc2cccc(Cl)c21. The first-order chi connectivity index (χ1) is 9.63. The average Bonchev–Trinajstić information content (AvgIpc) is 2.78. The van der Waals surface area contributed by atoms with Crippen LogP contribution in [-0.4, -0.2) is 9.55 Å². The summed E-state index contributed by atoms with van der Waals surface area (Å²) in [6.45, 7) is 4.93. The predicted octanol–water partition coefficient (Wildman–Crippen LogP) is 4.27. The van der Waals surface area contributed by atoms with Crippen molar-refractivity contribution in [2.45, 2.75) is 20.4 Å². The summed E-state index contributed by atoms with van der Waals surface area (Å²) in [6.07, 6.45) is 0. The Morgan fingerprint density at radius 1 is 1.20 bits per heavy atom. The summed E-state index contributed by atoms with van der Waals surface area (Å²) in [5.41, 5.74) is 10.9. The molecule has 1 aromatic heterocycles. The van der Waals surface area contributed by atoms with Crippen LogP contribution in [0.5, 0.6) is 0 Å². The van der Waals surface area contributed by atoms with Gasteiger partial charge in [0.15, 0.2) is 0 Å². The molecule has 0 saturated heterocycles. The van der Waals surface area contributed by atoms with Crippen LogP contribution in [0.2, 0.25) is 5.02 Å². The minimum Gasteiger partial charge on any atom is -0.398 e. The van der Waals surface area contributed by atoms with Crippen molar-refractivity contribution in [3.63, 3.8) is 0 Å². The van der Waals surface area contributed by atoms with E-state index >= 15 is 0 Å². The lowest BCUT2D eigenvalue weighted by Crippen LogP contribution is -2.02. The molecule has 0 aliphatic rings. The van der Waals surface area contributed by atoms with Gasteiger partial charge in [0.1, 0.15) is 5.82 Å². The third-order valence-corrected chi connectivity index (χ3v) is 3.87. The van der Waals surface area contributed by atoms with Crippen molar-refractivity contribution in [1.82, 2.24) is 9.55 Å². The molecule has 3 nitrogen and oxygen atoms in total. The third kappa shape index (κ3) is 1.86. The largest absolute Gasteiger partial charge is 0.398 e. The van der Waals surface area contributed by atoms with Crippen LogP contribution < -0.4 is 5.73 Å². The predicted molar refractivity (Wildman–Crippen MR) is 85.0 cm³/mol. The van der Waals surface area contributed by atoms with E-state index in [0.29, 0.717) is 0 Å². The molecule has 0 bridgehead atoms. The highest BCUT2D eigenvalue weighted by atomic mass is 35.5. The summed E-state index contributed by atoms with van der Waals surface area (Å²) in [7, 11) is 0. The van der Waals surface area contributed by atoms with Crippen LogP contribution in [0, 0.1) is 6.92 Å². The lowest BCUT2D eigenvalue weighted by atomic mass is 10.1. The lowest BCUT2D eigenvalue weighted by Gasteiger charge is -2.11. The fourth-order valence-corrected chi connectivity index (χ4v) is 2.91. The van der Waals surface area contributed by atoms with Gasteiger partial charge in [0, 0.05) is 17.8 Å². The fraction of sp³-hybridized carbons (Fsp3) is 0.188. The summed E-state index contributed by atoms with van der Waals surface area (Å²) in [4.78, 5) is 4.73. The van der Waals surface area contributed by atoms with Gasteiger partial charge in [-0.15, -0.1) is 0 Å². The number of fused-ring (bicyclic) bond motifs is 1. The topological polar surface area (TPSA) is 43.8 Å². The first kappa shape index (κ1) is 13.0. The molecule has 1 heterocycles. The number of aryl methyl sites for hydroxylation is 2. The lowest BCUT2D eigenvalue weighted by molar-refractivity contribution is 0.796. The summed E-state index contributed by atoms with van der Waals surface area (Å²) < 4.78 is 2.12. The molecule has 4 heteroatoms. The van der Waals surface area contributed by atoms with E-state index < -0.39 is 0 Å². The molecule has 0 unspecified atom stereocenters. The molecule has 0 atom stereocenters. The van der Waals surface area contributed by atoms with E-state index in [1.165, 1.54) is 0 Å². The van der Waals surface area contributed by atoms with E-state index in [9.17, 15) is 0 Å². The van der Waals surface area contributed by atoms with Gasteiger partial charge in [-0.2, -0.15) is 0 Å². The van der Waals surface area contributed by atoms with Crippen LogP contribution in [0.1, 0.15) is 12.5 Å². The molecule has 2 aromatic carbocycles. The average molecular weight is 286 g/mol. The van der Waals surface area contributed by atoms with E-state index in [1.54, 1.807) is 0 Å². The first-order valence-corrected chi connectivity index (χ1v) is 7.01. The molecule has 102 valence electrons. The third-order valence-electron chi connectivity index (χ3n) is 3.56. The molecule has 0 saturated carbocycles. The Balaban J connectivity index is 2.40. The zero-order valence-electron chi connectivity index (χ0n) is 11.5. The molecule has 0 aliphatic carbocycles. The van der Waals surface area contributed by atoms with Crippen LogP contribution in [0.3, 0.4) is 0 Å². The number of hydrogen-bond donors (Lipinski definition) is 1. The van der Waals surface area contributed by atoms with Gasteiger partial charge in [-0.1, -0.05) is 29.8 Å². The van der Waals surface area contributed by atoms with Crippen molar-refractivity contribution in [2.24, 2.45) is 0 Å². The minimum atomic E-state index is 0.718. The second-order valence-corrected chi connectivity index (χ2v) is 5.23. The first-order valence-electron chi connectivity index (χ1n) is 6.63. The maximum absolute atomic E-state index is 6.33. The zero-order valence-corrected chi connectivity index (χ0v) is 12.3. The maximum atomic E-state index is 6.33. The Hall–Kier alpha value is -2.00. The number of benzene rings is 2. The van der Waals surface area contributed by atoms with Crippen LogP contribution in [0.25, 0.3) is 22.4 Å². The van der Waals surface area contributed by atoms with Crippen LogP contribution in [-0.2, 0) is 6.54 Å². The molecule has 3 aromatic rings. The summed E-state index contributed by atoms with van der Waals surface area (Å²) >= 11 is 6.33. The van der Waals surface area contributed by atoms with Gasteiger partial charge < -0.3 is 10.3 Å². The summed E-state index contributed by atoms with van der Waals surface area (Å²) in [5, 5.41) is 0.718. The van der Waals surface area contributed by atoms with E-state index in [4.69, 9.17) is 22.3 Å². The normalized spacial score (nSPS) is 11.2. The Morgan fingerprint density at radius 2 is 1.95 bits per heavy atom. The van der Waals surface area contributed by atoms with E-state index in [2.05, 4.69) is 11.5 Å². The molecule has 2 N–H and O–H groups in total. The number of aromatic nitrogens is 2. The van der Waals surface area contributed by atoms with Crippen molar-refractivity contribution in [3.8, 4) is 11.4 Å². The minimum absolute atomic E-state index is 0.718. The second kappa shape index (κ2) is 4.84. The number of nitrogens with zero attached hydrogens (tertiary/aromatic N) is 2. The molecule has 0 aliphatic heterocycles. The Labute approximate surface area is 123 Å². The molecule has 0 radical (unpaired) electrons. The molecular formula is C16H16ClN3. The van der Waals surface area contributed by atoms with E-state index in [-0.39, 0.29) is 0 Å².